The Morgan fingerprint density at radius 2 is 2.23 bits per heavy atom. The van der Waals surface area contributed by atoms with Crippen LogP contribution in [0.15, 0.2) is 24.5 Å². The van der Waals surface area contributed by atoms with E-state index in [2.05, 4.69) is 16.7 Å². The van der Waals surface area contributed by atoms with Gasteiger partial charge in [0.05, 0.1) is 5.69 Å². The van der Waals surface area contributed by atoms with Gasteiger partial charge < -0.3 is 9.88 Å². The second kappa shape index (κ2) is 6.83. The summed E-state index contributed by atoms with van der Waals surface area (Å²) in [4.78, 5) is 12.8. The third-order valence-electron chi connectivity index (χ3n) is 3.84. The second-order valence-electron chi connectivity index (χ2n) is 5.31. The first-order chi connectivity index (χ1) is 10.7. The number of nitrogens with one attached hydrogen (secondary N) is 1. The number of fused-ring (bicyclic) bond motifs is 1. The van der Waals surface area contributed by atoms with E-state index < -0.39 is 0 Å². The van der Waals surface area contributed by atoms with Crippen LogP contribution in [-0.2, 0) is 23.3 Å². The topological polar surface area (TPSA) is 51.9 Å². The van der Waals surface area contributed by atoms with Crippen molar-refractivity contribution in [2.24, 2.45) is 7.05 Å². The summed E-state index contributed by atoms with van der Waals surface area (Å²) < 4.78 is 3.78. The number of aryl methyl sites for hydroxylation is 1. The highest BCUT2D eigenvalue weighted by molar-refractivity contribution is 7.98. The minimum atomic E-state index is -0.179. The van der Waals surface area contributed by atoms with Gasteiger partial charge in [-0.3, -0.25) is 9.48 Å². The summed E-state index contributed by atoms with van der Waals surface area (Å²) in [5, 5.41) is 7.60. The molecule has 2 aromatic heterocycles. The van der Waals surface area contributed by atoms with E-state index in [1.54, 1.807) is 16.4 Å². The molecular weight excluding hydrogens is 316 g/mol. The van der Waals surface area contributed by atoms with E-state index in [-0.39, 0.29) is 11.9 Å². The number of rotatable bonds is 6. The molecule has 0 unspecified atom stereocenters. The summed E-state index contributed by atoms with van der Waals surface area (Å²) in [7, 11) is 1.89. The first-order valence-electron chi connectivity index (χ1n) is 7.25. The van der Waals surface area contributed by atoms with Gasteiger partial charge in [-0.15, -0.1) is 0 Å². The van der Waals surface area contributed by atoms with Crippen LogP contribution < -0.4 is 5.32 Å². The molecule has 3 heterocycles. The molecule has 0 saturated heterocycles. The number of carbonyl (C=O) groups is 1. The van der Waals surface area contributed by atoms with Crippen molar-refractivity contribution in [3.63, 3.8) is 0 Å². The number of thioether (sulfide) groups is 2. The molecule has 3 rings (SSSR count). The molecule has 5 nitrogen and oxygen atoms in total. The number of hydrogen-bond donors (Lipinski definition) is 1. The predicted molar refractivity (Wildman–Crippen MR) is 93.3 cm³/mol. The monoisotopic (exact) mass is 336 g/mol. The van der Waals surface area contributed by atoms with Gasteiger partial charge >= 0.3 is 0 Å². The number of nitrogens with zero attached hydrogens (tertiary/aromatic N) is 3. The number of hydrogen-bond acceptors (Lipinski definition) is 4. The van der Waals surface area contributed by atoms with Crippen LogP contribution in [-0.4, -0.2) is 32.3 Å². The average Bonchev–Trinajstić information content (AvgIpc) is 3.20. The van der Waals surface area contributed by atoms with Crippen molar-refractivity contribution in [1.29, 1.82) is 0 Å². The SMILES string of the molecule is CSCC[C@@H](C(=O)Nc1c2c(nn1C)CSC2)n1cccc1. The van der Waals surface area contributed by atoms with E-state index in [9.17, 15) is 4.79 Å². The van der Waals surface area contributed by atoms with E-state index in [0.717, 1.165) is 35.2 Å². The molecule has 22 heavy (non-hydrogen) atoms. The van der Waals surface area contributed by atoms with E-state index in [1.807, 2.05) is 47.9 Å². The van der Waals surface area contributed by atoms with Gasteiger partial charge in [0.1, 0.15) is 11.9 Å². The highest BCUT2D eigenvalue weighted by atomic mass is 32.2. The summed E-state index contributed by atoms with van der Waals surface area (Å²) in [5.74, 6) is 3.71. The lowest BCUT2D eigenvalue weighted by Crippen LogP contribution is -2.27. The van der Waals surface area contributed by atoms with Crippen molar-refractivity contribution in [3.8, 4) is 0 Å². The zero-order chi connectivity index (χ0) is 15.5. The Labute approximate surface area is 138 Å². The molecular formula is C15H20N4OS2. The van der Waals surface area contributed by atoms with Gasteiger partial charge in [-0.2, -0.15) is 28.6 Å². The van der Waals surface area contributed by atoms with Crippen LogP contribution in [0.2, 0.25) is 0 Å². The van der Waals surface area contributed by atoms with Crippen LogP contribution in [0.3, 0.4) is 0 Å². The summed E-state index contributed by atoms with van der Waals surface area (Å²) in [5.41, 5.74) is 2.28. The molecule has 1 atom stereocenters. The fraction of sp³-hybridized carbons (Fsp3) is 0.467. The third-order valence-corrected chi connectivity index (χ3v) is 5.46. The number of anilines is 1. The largest absolute Gasteiger partial charge is 0.342 e. The number of carbonyl (C=O) groups excluding carboxylic acids is 1. The van der Waals surface area contributed by atoms with Gasteiger partial charge in [0, 0.05) is 36.5 Å². The van der Waals surface area contributed by atoms with Gasteiger partial charge in [-0.05, 0) is 30.6 Å². The molecule has 0 aromatic carbocycles. The molecule has 0 radical (unpaired) electrons. The Hall–Kier alpha value is -1.34. The first-order valence-corrected chi connectivity index (χ1v) is 9.80. The highest BCUT2D eigenvalue weighted by Crippen LogP contribution is 2.34. The minimum absolute atomic E-state index is 0.0351. The fourth-order valence-electron chi connectivity index (χ4n) is 2.70. The summed E-state index contributed by atoms with van der Waals surface area (Å²) in [6.45, 7) is 0. The quantitative estimate of drug-likeness (QED) is 0.881. The van der Waals surface area contributed by atoms with Crippen molar-refractivity contribution in [1.82, 2.24) is 14.3 Å². The maximum absolute atomic E-state index is 12.8. The lowest BCUT2D eigenvalue weighted by Gasteiger charge is -2.18. The van der Waals surface area contributed by atoms with Crippen LogP contribution in [0, 0.1) is 0 Å². The van der Waals surface area contributed by atoms with E-state index in [1.165, 1.54) is 5.56 Å². The normalized spacial score (nSPS) is 14.8. The van der Waals surface area contributed by atoms with Gasteiger partial charge in [0.25, 0.3) is 0 Å². The molecule has 1 N–H and O–H groups in total. The fourth-order valence-corrected chi connectivity index (χ4v) is 4.19. The first kappa shape index (κ1) is 15.6. The lowest BCUT2D eigenvalue weighted by atomic mass is 10.2. The van der Waals surface area contributed by atoms with Crippen molar-refractivity contribution >= 4 is 35.2 Å². The number of aromatic nitrogens is 3. The molecule has 2 aromatic rings. The minimum Gasteiger partial charge on any atom is -0.342 e. The Bertz CT molecular complexity index is 651. The predicted octanol–water partition coefficient (Wildman–Crippen LogP) is 2.90. The molecule has 7 heteroatoms. The average molecular weight is 336 g/mol. The Morgan fingerprint density at radius 1 is 1.45 bits per heavy atom. The van der Waals surface area contributed by atoms with Gasteiger partial charge in [-0.25, -0.2) is 0 Å². The van der Waals surface area contributed by atoms with Crippen LogP contribution in [0.4, 0.5) is 5.82 Å². The summed E-state index contributed by atoms with van der Waals surface area (Å²) in [6.07, 6.45) is 6.79. The molecule has 1 aliphatic rings. The van der Waals surface area contributed by atoms with Crippen LogP contribution >= 0.6 is 23.5 Å². The van der Waals surface area contributed by atoms with Gasteiger partial charge in [-0.1, -0.05) is 0 Å². The molecule has 0 aliphatic carbocycles. The number of amides is 1. The molecule has 0 saturated carbocycles. The lowest BCUT2D eigenvalue weighted by molar-refractivity contribution is -0.119. The molecule has 118 valence electrons. The van der Waals surface area contributed by atoms with E-state index in [0.29, 0.717) is 0 Å². The Morgan fingerprint density at radius 3 is 2.95 bits per heavy atom. The van der Waals surface area contributed by atoms with Crippen molar-refractivity contribution in [2.45, 2.75) is 24.0 Å². The molecule has 1 aliphatic heterocycles. The van der Waals surface area contributed by atoms with E-state index in [4.69, 9.17) is 0 Å². The zero-order valence-corrected chi connectivity index (χ0v) is 14.4. The summed E-state index contributed by atoms with van der Waals surface area (Å²) >= 11 is 3.61. The van der Waals surface area contributed by atoms with E-state index >= 15 is 0 Å². The standard InChI is InChI=1S/C15H20N4OS2/c1-18-14(11-9-22-10-12(11)17-18)16-15(20)13(5-8-21-2)19-6-3-4-7-19/h3-4,6-7,13H,5,8-10H2,1-2H3,(H,16,20)/t13-/m0/s1. The van der Waals surface area contributed by atoms with Crippen LogP contribution in [0.25, 0.3) is 0 Å². The van der Waals surface area contributed by atoms with Crippen molar-refractivity contribution in [2.75, 3.05) is 17.3 Å². The van der Waals surface area contributed by atoms with Crippen LogP contribution in [0.5, 0.6) is 0 Å². The zero-order valence-electron chi connectivity index (χ0n) is 12.8. The van der Waals surface area contributed by atoms with Gasteiger partial charge in [0.15, 0.2) is 0 Å². The molecule has 0 spiro atoms. The Balaban J connectivity index is 1.79. The second-order valence-corrected chi connectivity index (χ2v) is 7.28. The molecule has 1 amide bonds. The molecule has 0 bridgehead atoms. The third kappa shape index (κ3) is 3.05. The van der Waals surface area contributed by atoms with Crippen molar-refractivity contribution < 1.29 is 4.79 Å². The van der Waals surface area contributed by atoms with Gasteiger partial charge in [0.2, 0.25) is 5.91 Å². The maximum Gasteiger partial charge on any atom is 0.248 e. The highest BCUT2D eigenvalue weighted by Gasteiger charge is 2.25. The maximum atomic E-state index is 12.8. The smallest absolute Gasteiger partial charge is 0.248 e. The van der Waals surface area contributed by atoms with Crippen molar-refractivity contribution in [3.05, 3.63) is 35.8 Å². The molecule has 0 fully saturated rings. The Kier molecular flexibility index (Phi) is 4.83. The summed E-state index contributed by atoms with van der Waals surface area (Å²) in [6, 6.07) is 3.73. The van der Waals surface area contributed by atoms with Crippen LogP contribution in [0.1, 0.15) is 23.7 Å².